The summed E-state index contributed by atoms with van der Waals surface area (Å²) < 4.78 is 16.6. The van der Waals surface area contributed by atoms with E-state index in [0.29, 0.717) is 11.3 Å². The molecule has 1 aromatic heterocycles. The minimum Gasteiger partial charge on any atom is -0.507 e. The number of hydrogen-bond acceptors (Lipinski definition) is 6. The summed E-state index contributed by atoms with van der Waals surface area (Å²) in [5.41, 5.74) is 0.466. The summed E-state index contributed by atoms with van der Waals surface area (Å²) in [7, 11) is 0. The quantitative estimate of drug-likeness (QED) is 0.621. The third kappa shape index (κ3) is 1.45. The fraction of sp³-hybridized carbons (Fsp3) is 0.118. The smallest absolute Gasteiger partial charge is 0.250 e. The number of phenols is 2. The monoisotopic (exact) mass is 310 g/mol. The van der Waals surface area contributed by atoms with E-state index in [1.54, 1.807) is 24.3 Å². The highest BCUT2D eigenvalue weighted by Crippen LogP contribution is 2.49. The fourth-order valence-corrected chi connectivity index (χ4v) is 3.27. The molecule has 0 bridgehead atoms. The molecule has 0 spiro atoms. The SMILES string of the molecule is O=c1c2c(O)cccc2oc2cc3c(c(O)c12)[C@@H]1C=COC1O3. The highest BCUT2D eigenvalue weighted by atomic mass is 16.7. The van der Waals surface area contributed by atoms with Gasteiger partial charge >= 0.3 is 0 Å². The van der Waals surface area contributed by atoms with Crippen LogP contribution in [0.5, 0.6) is 17.2 Å². The Labute approximate surface area is 128 Å². The minimum absolute atomic E-state index is 0.0299. The molecular weight excluding hydrogens is 300 g/mol. The maximum absolute atomic E-state index is 12.8. The van der Waals surface area contributed by atoms with E-state index < -0.39 is 11.7 Å². The molecule has 2 atom stereocenters. The van der Waals surface area contributed by atoms with E-state index in [0.717, 1.165) is 0 Å². The molecule has 6 nitrogen and oxygen atoms in total. The molecule has 2 aliphatic rings. The van der Waals surface area contributed by atoms with Crippen LogP contribution in [-0.4, -0.2) is 16.5 Å². The Morgan fingerprint density at radius 2 is 1.96 bits per heavy atom. The Bertz CT molecular complexity index is 1080. The maximum Gasteiger partial charge on any atom is 0.250 e. The molecule has 0 saturated heterocycles. The van der Waals surface area contributed by atoms with Crippen molar-refractivity contribution in [3.05, 3.63) is 52.4 Å². The molecule has 5 rings (SSSR count). The van der Waals surface area contributed by atoms with E-state index in [-0.39, 0.29) is 39.4 Å². The van der Waals surface area contributed by atoms with Gasteiger partial charge in [0.25, 0.3) is 6.29 Å². The van der Waals surface area contributed by atoms with E-state index in [1.165, 1.54) is 12.3 Å². The second-order valence-corrected chi connectivity index (χ2v) is 5.57. The molecule has 0 radical (unpaired) electrons. The fourth-order valence-electron chi connectivity index (χ4n) is 3.27. The van der Waals surface area contributed by atoms with Crippen molar-refractivity contribution in [2.45, 2.75) is 12.2 Å². The average Bonchev–Trinajstić information content (AvgIpc) is 3.07. The van der Waals surface area contributed by atoms with Crippen LogP contribution in [0.25, 0.3) is 21.9 Å². The van der Waals surface area contributed by atoms with Crippen LogP contribution in [0.4, 0.5) is 0 Å². The zero-order valence-electron chi connectivity index (χ0n) is 11.6. The Morgan fingerprint density at radius 3 is 2.83 bits per heavy atom. The molecule has 2 N–H and O–H groups in total. The average molecular weight is 310 g/mol. The van der Waals surface area contributed by atoms with E-state index in [1.807, 2.05) is 0 Å². The normalized spacial score (nSPS) is 21.2. The van der Waals surface area contributed by atoms with Gasteiger partial charge in [0.15, 0.2) is 0 Å². The van der Waals surface area contributed by atoms with Gasteiger partial charge in [-0.05, 0) is 18.2 Å². The van der Waals surface area contributed by atoms with Gasteiger partial charge in [0, 0.05) is 6.07 Å². The molecule has 3 heterocycles. The summed E-state index contributed by atoms with van der Waals surface area (Å²) in [6, 6.07) is 6.15. The first kappa shape index (κ1) is 12.4. The summed E-state index contributed by atoms with van der Waals surface area (Å²) >= 11 is 0. The van der Waals surface area contributed by atoms with E-state index in [9.17, 15) is 15.0 Å². The first-order chi connectivity index (χ1) is 11.1. The van der Waals surface area contributed by atoms with Crippen LogP contribution in [-0.2, 0) is 4.74 Å². The molecule has 1 unspecified atom stereocenters. The molecule has 114 valence electrons. The van der Waals surface area contributed by atoms with Gasteiger partial charge in [0.2, 0.25) is 5.43 Å². The van der Waals surface area contributed by atoms with E-state index >= 15 is 0 Å². The van der Waals surface area contributed by atoms with Crippen LogP contribution in [0.15, 0.2) is 45.8 Å². The summed E-state index contributed by atoms with van der Waals surface area (Å²) in [5, 5.41) is 20.7. The van der Waals surface area contributed by atoms with Crippen molar-refractivity contribution >= 4 is 21.9 Å². The Kier molecular flexibility index (Phi) is 2.15. The Balaban J connectivity index is 1.95. The zero-order chi connectivity index (χ0) is 15.7. The van der Waals surface area contributed by atoms with Crippen molar-refractivity contribution in [2.75, 3.05) is 0 Å². The van der Waals surface area contributed by atoms with Gasteiger partial charge in [-0.3, -0.25) is 4.79 Å². The van der Waals surface area contributed by atoms with Gasteiger partial charge in [-0.15, -0.1) is 0 Å². The van der Waals surface area contributed by atoms with Crippen LogP contribution >= 0.6 is 0 Å². The first-order valence-electron chi connectivity index (χ1n) is 7.08. The third-order valence-electron chi connectivity index (χ3n) is 4.31. The lowest BCUT2D eigenvalue weighted by Gasteiger charge is -2.08. The minimum atomic E-state index is -0.536. The number of benzene rings is 2. The molecule has 6 heteroatoms. The number of fused-ring (bicyclic) bond motifs is 5. The highest BCUT2D eigenvalue weighted by molar-refractivity contribution is 5.97. The molecular formula is C17H10O6. The van der Waals surface area contributed by atoms with Crippen LogP contribution in [0.3, 0.4) is 0 Å². The van der Waals surface area contributed by atoms with Gasteiger partial charge in [-0.1, -0.05) is 6.07 Å². The van der Waals surface area contributed by atoms with Gasteiger partial charge in [-0.2, -0.15) is 0 Å². The first-order valence-corrected chi connectivity index (χ1v) is 7.08. The highest BCUT2D eigenvalue weighted by Gasteiger charge is 2.40. The van der Waals surface area contributed by atoms with Gasteiger partial charge < -0.3 is 24.1 Å². The van der Waals surface area contributed by atoms with Crippen molar-refractivity contribution in [2.24, 2.45) is 0 Å². The topological polar surface area (TPSA) is 89.1 Å². The van der Waals surface area contributed by atoms with Crippen LogP contribution in [0.1, 0.15) is 11.5 Å². The van der Waals surface area contributed by atoms with Gasteiger partial charge in [-0.25, -0.2) is 0 Å². The lowest BCUT2D eigenvalue weighted by atomic mass is 9.97. The summed E-state index contributed by atoms with van der Waals surface area (Å²) in [4.78, 5) is 12.8. The second-order valence-electron chi connectivity index (χ2n) is 5.57. The van der Waals surface area contributed by atoms with Crippen molar-refractivity contribution in [3.63, 3.8) is 0 Å². The van der Waals surface area contributed by atoms with Gasteiger partial charge in [0.1, 0.15) is 39.2 Å². The van der Waals surface area contributed by atoms with Crippen molar-refractivity contribution < 1.29 is 24.1 Å². The Morgan fingerprint density at radius 1 is 1.09 bits per heavy atom. The second kappa shape index (κ2) is 3.98. The number of hydrogen-bond donors (Lipinski definition) is 2. The summed E-state index contributed by atoms with van der Waals surface area (Å²) in [5.74, 6) is -0.221. The van der Waals surface area contributed by atoms with Gasteiger partial charge in [0.05, 0.1) is 17.7 Å². The number of aromatic hydroxyl groups is 2. The molecule has 2 aliphatic heterocycles. The maximum atomic E-state index is 12.8. The van der Waals surface area contributed by atoms with Crippen molar-refractivity contribution in [1.29, 1.82) is 0 Å². The van der Waals surface area contributed by atoms with Crippen LogP contribution in [0.2, 0.25) is 0 Å². The molecule has 0 saturated carbocycles. The van der Waals surface area contributed by atoms with E-state index in [4.69, 9.17) is 13.9 Å². The van der Waals surface area contributed by atoms with E-state index in [2.05, 4.69) is 0 Å². The predicted octanol–water partition coefficient (Wildman–Crippen LogP) is 2.70. The third-order valence-corrected chi connectivity index (χ3v) is 4.31. The number of rotatable bonds is 0. The zero-order valence-corrected chi connectivity index (χ0v) is 11.6. The standard InChI is InChI=1S/C17H10O6/c18-8-2-1-3-9-13(8)16(20)14-11(22-9)6-10-12(15(14)19)7-4-5-21-17(7)23-10/h1-7,17-19H/t7-,17?/m0/s1. The summed E-state index contributed by atoms with van der Waals surface area (Å²) in [6.45, 7) is 0. The molecule has 3 aromatic rings. The molecule has 23 heavy (non-hydrogen) atoms. The lowest BCUT2D eigenvalue weighted by Crippen LogP contribution is -2.14. The number of phenolic OH excluding ortho intramolecular Hbond substituents is 2. The van der Waals surface area contributed by atoms with Crippen molar-refractivity contribution in [3.8, 4) is 17.2 Å². The largest absolute Gasteiger partial charge is 0.507 e. The molecule has 0 aliphatic carbocycles. The summed E-state index contributed by atoms with van der Waals surface area (Å²) in [6.07, 6.45) is 2.74. The van der Waals surface area contributed by atoms with Crippen LogP contribution < -0.4 is 10.2 Å². The predicted molar refractivity (Wildman–Crippen MR) is 80.7 cm³/mol. The molecule has 2 aromatic carbocycles. The number of ether oxygens (including phenoxy) is 2. The van der Waals surface area contributed by atoms with Crippen molar-refractivity contribution in [1.82, 2.24) is 0 Å². The lowest BCUT2D eigenvalue weighted by molar-refractivity contribution is -0.00481. The Hall–Kier alpha value is -3.15. The molecule has 0 fully saturated rings. The van der Waals surface area contributed by atoms with Crippen LogP contribution in [0, 0.1) is 0 Å². The molecule has 0 amide bonds.